The van der Waals surface area contributed by atoms with Gasteiger partial charge in [-0.05, 0) is 58.9 Å². The van der Waals surface area contributed by atoms with Gasteiger partial charge in [-0.3, -0.25) is 9.67 Å². The van der Waals surface area contributed by atoms with E-state index in [2.05, 4.69) is 28.4 Å². The van der Waals surface area contributed by atoms with E-state index in [0.717, 1.165) is 57.8 Å². The Morgan fingerprint density at radius 1 is 1.29 bits per heavy atom. The van der Waals surface area contributed by atoms with E-state index < -0.39 is 5.60 Å². The van der Waals surface area contributed by atoms with Crippen molar-refractivity contribution in [1.82, 2.24) is 24.9 Å². The Morgan fingerprint density at radius 2 is 2.06 bits per heavy atom. The van der Waals surface area contributed by atoms with Crippen LogP contribution in [-0.2, 0) is 11.8 Å². The molecule has 0 aliphatic carbocycles. The number of rotatable bonds is 4. The number of nitrogens with zero attached hydrogens (tertiary/aromatic N) is 5. The number of nitrogens with one attached hydrogen (secondary N) is 1. The van der Waals surface area contributed by atoms with E-state index >= 15 is 0 Å². The Morgan fingerprint density at radius 3 is 2.71 bits per heavy atom. The Kier molecular flexibility index (Phi) is 9.45. The molecular formula is C22H39IN6O2. The van der Waals surface area contributed by atoms with Gasteiger partial charge in [0.2, 0.25) is 0 Å². The van der Waals surface area contributed by atoms with E-state index in [1.807, 2.05) is 43.6 Å². The molecule has 0 spiro atoms. The lowest BCUT2D eigenvalue weighted by Crippen LogP contribution is -2.48. The third kappa shape index (κ3) is 7.25. The molecule has 2 aliphatic rings. The average Bonchev–Trinajstić information content (AvgIpc) is 3.33. The van der Waals surface area contributed by atoms with Crippen LogP contribution in [0.2, 0.25) is 0 Å². The van der Waals surface area contributed by atoms with Gasteiger partial charge in [0, 0.05) is 45.3 Å². The van der Waals surface area contributed by atoms with Crippen molar-refractivity contribution in [2.24, 2.45) is 12.0 Å². The summed E-state index contributed by atoms with van der Waals surface area (Å²) in [6.45, 7) is 11.9. The molecule has 0 radical (unpaired) electrons. The molecule has 2 atom stereocenters. The molecule has 2 unspecified atom stereocenters. The molecule has 2 aliphatic heterocycles. The largest absolute Gasteiger partial charge is 0.444 e. The topological polar surface area (TPSA) is 75.0 Å². The summed E-state index contributed by atoms with van der Waals surface area (Å²) < 4.78 is 7.50. The first kappa shape index (κ1) is 25.7. The van der Waals surface area contributed by atoms with Gasteiger partial charge >= 0.3 is 6.09 Å². The van der Waals surface area contributed by atoms with Gasteiger partial charge < -0.3 is 19.9 Å². The molecule has 3 rings (SSSR count). The molecule has 9 heteroatoms. The number of likely N-dealkylation sites (tertiary alicyclic amines) is 2. The molecule has 2 saturated heterocycles. The van der Waals surface area contributed by atoms with Gasteiger partial charge in [0.15, 0.2) is 5.96 Å². The molecule has 1 amide bonds. The lowest BCUT2D eigenvalue weighted by atomic mass is 10.0. The highest BCUT2D eigenvalue weighted by atomic mass is 127. The second-order valence-corrected chi connectivity index (χ2v) is 9.40. The normalized spacial score (nSPS) is 22.3. The zero-order valence-corrected chi connectivity index (χ0v) is 22.0. The number of hydrogen-bond acceptors (Lipinski definition) is 4. The summed E-state index contributed by atoms with van der Waals surface area (Å²) in [7, 11) is 1.96. The van der Waals surface area contributed by atoms with Crippen LogP contribution in [0.4, 0.5) is 4.79 Å². The van der Waals surface area contributed by atoms with Crippen molar-refractivity contribution in [1.29, 1.82) is 0 Å². The molecule has 1 N–H and O–H groups in total. The van der Waals surface area contributed by atoms with E-state index in [4.69, 9.17) is 9.73 Å². The second-order valence-electron chi connectivity index (χ2n) is 9.40. The Balaban J connectivity index is 0.00000341. The summed E-state index contributed by atoms with van der Waals surface area (Å²) in [6.07, 6.45) is 8.09. The quantitative estimate of drug-likeness (QED) is 0.355. The van der Waals surface area contributed by atoms with Gasteiger partial charge in [0.05, 0.1) is 18.8 Å². The number of ether oxygens (including phenoxy) is 1. The van der Waals surface area contributed by atoms with Crippen LogP contribution in [-0.4, -0.2) is 76.0 Å². The van der Waals surface area contributed by atoms with Crippen molar-refractivity contribution >= 4 is 36.0 Å². The summed E-state index contributed by atoms with van der Waals surface area (Å²) in [4.78, 5) is 21.8. The highest BCUT2D eigenvalue weighted by Gasteiger charge is 2.31. The first-order valence-electron chi connectivity index (χ1n) is 11.3. The van der Waals surface area contributed by atoms with Crippen LogP contribution >= 0.6 is 24.0 Å². The van der Waals surface area contributed by atoms with Crippen molar-refractivity contribution in [2.45, 2.75) is 70.9 Å². The number of carbonyl (C=O) groups is 1. The molecule has 8 nitrogen and oxygen atoms in total. The molecule has 0 saturated carbocycles. The highest BCUT2D eigenvalue weighted by molar-refractivity contribution is 14.0. The molecule has 176 valence electrons. The minimum Gasteiger partial charge on any atom is -0.444 e. The van der Waals surface area contributed by atoms with Crippen LogP contribution < -0.4 is 5.32 Å². The molecule has 0 aromatic carbocycles. The number of aromatic nitrogens is 2. The van der Waals surface area contributed by atoms with Gasteiger partial charge in [-0.2, -0.15) is 5.10 Å². The third-order valence-electron chi connectivity index (χ3n) is 5.73. The van der Waals surface area contributed by atoms with E-state index in [1.165, 1.54) is 5.56 Å². The van der Waals surface area contributed by atoms with Crippen LogP contribution in [0, 0.1) is 0 Å². The van der Waals surface area contributed by atoms with Crippen molar-refractivity contribution < 1.29 is 9.53 Å². The lowest BCUT2D eigenvalue weighted by molar-refractivity contribution is 0.0109. The minimum absolute atomic E-state index is 0. The van der Waals surface area contributed by atoms with Gasteiger partial charge in [-0.15, -0.1) is 24.0 Å². The fourth-order valence-corrected chi connectivity index (χ4v) is 4.24. The zero-order valence-electron chi connectivity index (χ0n) is 19.6. The number of halogens is 1. The summed E-state index contributed by atoms with van der Waals surface area (Å²) in [5.74, 6) is 1.43. The Hall–Kier alpha value is -1.52. The number of guanidine groups is 1. The van der Waals surface area contributed by atoms with Crippen LogP contribution in [0.25, 0.3) is 0 Å². The number of piperidine rings is 1. The van der Waals surface area contributed by atoms with Crippen LogP contribution in [0.1, 0.15) is 64.9 Å². The number of amides is 1. The fraction of sp³-hybridized carbons (Fsp3) is 0.773. The standard InChI is InChI=1S/C22H38N6O2.HI/c1-6-23-20(27-12-10-17(16-27)18-13-25-26(5)15-18)24-14-19-9-7-8-11-28(19)21(29)30-22(2,3)4;/h13,15,17,19H,6-12,14,16H2,1-5H3,(H,23,24);1H. The third-order valence-corrected chi connectivity index (χ3v) is 5.73. The molecule has 2 fully saturated rings. The molecule has 1 aromatic rings. The average molecular weight is 546 g/mol. The number of hydrogen-bond donors (Lipinski definition) is 1. The minimum atomic E-state index is -0.478. The zero-order chi connectivity index (χ0) is 21.7. The summed E-state index contributed by atoms with van der Waals surface area (Å²) in [5, 5.41) is 7.76. The smallest absolute Gasteiger partial charge is 0.410 e. The fourth-order valence-electron chi connectivity index (χ4n) is 4.24. The van der Waals surface area contributed by atoms with E-state index in [9.17, 15) is 4.79 Å². The maximum absolute atomic E-state index is 12.7. The Labute approximate surface area is 203 Å². The van der Waals surface area contributed by atoms with Crippen LogP contribution in [0.3, 0.4) is 0 Å². The summed E-state index contributed by atoms with van der Waals surface area (Å²) >= 11 is 0. The van der Waals surface area contributed by atoms with Gasteiger partial charge in [-0.25, -0.2) is 4.79 Å². The van der Waals surface area contributed by atoms with E-state index in [0.29, 0.717) is 12.5 Å². The SMILES string of the molecule is CCNC(=NCC1CCCCN1C(=O)OC(C)(C)C)N1CCC(c2cnn(C)c2)C1.I. The maximum atomic E-state index is 12.7. The summed E-state index contributed by atoms with van der Waals surface area (Å²) in [5.41, 5.74) is 0.813. The number of carbonyl (C=O) groups excluding carboxylic acids is 1. The van der Waals surface area contributed by atoms with Gasteiger partial charge in [0.1, 0.15) is 5.60 Å². The van der Waals surface area contributed by atoms with E-state index in [-0.39, 0.29) is 36.1 Å². The van der Waals surface area contributed by atoms with Gasteiger partial charge in [0.25, 0.3) is 0 Å². The maximum Gasteiger partial charge on any atom is 0.410 e. The Bertz CT molecular complexity index is 745. The number of aryl methyl sites for hydroxylation is 1. The predicted molar refractivity (Wildman–Crippen MR) is 134 cm³/mol. The second kappa shape index (κ2) is 11.4. The first-order chi connectivity index (χ1) is 14.3. The molecule has 31 heavy (non-hydrogen) atoms. The lowest BCUT2D eigenvalue weighted by Gasteiger charge is -2.36. The first-order valence-corrected chi connectivity index (χ1v) is 11.3. The molecule has 0 bridgehead atoms. The predicted octanol–water partition coefficient (Wildman–Crippen LogP) is 3.58. The van der Waals surface area contributed by atoms with Crippen LogP contribution in [0.5, 0.6) is 0 Å². The van der Waals surface area contributed by atoms with Crippen molar-refractivity contribution in [3.63, 3.8) is 0 Å². The summed E-state index contributed by atoms with van der Waals surface area (Å²) in [6, 6.07) is 0.0963. The highest BCUT2D eigenvalue weighted by Crippen LogP contribution is 2.27. The van der Waals surface area contributed by atoms with Crippen molar-refractivity contribution in [3.05, 3.63) is 18.0 Å². The molecule has 3 heterocycles. The van der Waals surface area contributed by atoms with Crippen molar-refractivity contribution in [3.8, 4) is 0 Å². The molecule has 1 aromatic heterocycles. The molecular weight excluding hydrogens is 507 g/mol. The van der Waals surface area contributed by atoms with Crippen LogP contribution in [0.15, 0.2) is 17.4 Å². The van der Waals surface area contributed by atoms with E-state index in [1.54, 1.807) is 0 Å². The number of aliphatic imine (C=N–C) groups is 1. The van der Waals surface area contributed by atoms with Crippen molar-refractivity contribution in [2.75, 3.05) is 32.7 Å². The van der Waals surface area contributed by atoms with Gasteiger partial charge in [-0.1, -0.05) is 0 Å². The monoisotopic (exact) mass is 546 g/mol.